The maximum Gasteiger partial charge on any atom is 0.259 e. The molecule has 3 heterocycles. The number of rotatable bonds is 4. The largest absolute Gasteiger partial charge is 0.319 e. The fourth-order valence-electron chi connectivity index (χ4n) is 3.26. The van der Waals surface area contributed by atoms with E-state index in [1.54, 1.807) is 12.4 Å². The summed E-state index contributed by atoms with van der Waals surface area (Å²) >= 11 is 0. The molecular formula is C17H22N6O. The number of amides is 1. The second-order valence-corrected chi connectivity index (χ2v) is 6.79. The van der Waals surface area contributed by atoms with Crippen molar-refractivity contribution < 1.29 is 4.79 Å². The van der Waals surface area contributed by atoms with Gasteiger partial charge in [-0.3, -0.25) is 9.48 Å². The molecule has 126 valence electrons. The minimum Gasteiger partial charge on any atom is -0.319 e. The number of likely N-dealkylation sites (tertiary alicyclic amines) is 1. The monoisotopic (exact) mass is 326 g/mol. The summed E-state index contributed by atoms with van der Waals surface area (Å²) in [7, 11) is 2.14. The number of aromatic nitrogens is 4. The van der Waals surface area contributed by atoms with E-state index in [1.165, 1.54) is 6.33 Å². The Labute approximate surface area is 141 Å². The van der Waals surface area contributed by atoms with Crippen molar-refractivity contribution in [1.29, 1.82) is 0 Å². The highest BCUT2D eigenvalue weighted by Gasteiger charge is 2.29. The Kier molecular flexibility index (Phi) is 4.02. The van der Waals surface area contributed by atoms with Gasteiger partial charge in [0.15, 0.2) is 0 Å². The van der Waals surface area contributed by atoms with Crippen LogP contribution in [0.4, 0.5) is 5.69 Å². The van der Waals surface area contributed by atoms with Gasteiger partial charge in [0.25, 0.3) is 5.91 Å². The molecule has 4 rings (SSSR count). The molecule has 7 heteroatoms. The minimum atomic E-state index is -0.152. The third-order valence-corrected chi connectivity index (χ3v) is 4.87. The molecule has 2 aromatic heterocycles. The number of hydrogen-bond donors (Lipinski definition) is 1. The van der Waals surface area contributed by atoms with Crippen LogP contribution in [0.5, 0.6) is 0 Å². The van der Waals surface area contributed by atoms with Gasteiger partial charge in [-0.15, -0.1) is 0 Å². The van der Waals surface area contributed by atoms with E-state index in [2.05, 4.69) is 32.3 Å². The quantitative estimate of drug-likeness (QED) is 0.931. The van der Waals surface area contributed by atoms with E-state index in [0.717, 1.165) is 50.2 Å². The molecule has 1 aliphatic heterocycles. The average molecular weight is 326 g/mol. The average Bonchev–Trinajstić information content (AvgIpc) is 3.35. The van der Waals surface area contributed by atoms with Gasteiger partial charge >= 0.3 is 0 Å². The molecule has 1 amide bonds. The molecule has 1 N–H and O–H groups in total. The highest BCUT2D eigenvalue weighted by Crippen LogP contribution is 2.40. The summed E-state index contributed by atoms with van der Waals surface area (Å²) in [4.78, 5) is 23.2. The molecule has 2 fully saturated rings. The number of nitrogens with one attached hydrogen (secondary N) is 1. The van der Waals surface area contributed by atoms with Crippen LogP contribution >= 0.6 is 0 Å². The molecule has 24 heavy (non-hydrogen) atoms. The molecule has 0 unspecified atom stereocenters. The molecule has 1 saturated heterocycles. The van der Waals surface area contributed by atoms with E-state index in [-0.39, 0.29) is 5.91 Å². The highest BCUT2D eigenvalue weighted by molar-refractivity contribution is 6.04. The van der Waals surface area contributed by atoms with Gasteiger partial charge < -0.3 is 10.2 Å². The number of carbonyl (C=O) groups excluding carboxylic acids is 1. The number of nitrogens with zero attached hydrogens (tertiary/aromatic N) is 5. The van der Waals surface area contributed by atoms with E-state index >= 15 is 0 Å². The van der Waals surface area contributed by atoms with Crippen molar-refractivity contribution in [1.82, 2.24) is 24.6 Å². The first-order valence-corrected chi connectivity index (χ1v) is 8.54. The highest BCUT2D eigenvalue weighted by atomic mass is 16.1. The van der Waals surface area contributed by atoms with E-state index < -0.39 is 0 Å². The van der Waals surface area contributed by atoms with E-state index in [9.17, 15) is 4.79 Å². The number of carbonyl (C=O) groups is 1. The van der Waals surface area contributed by atoms with Gasteiger partial charge in [0.1, 0.15) is 6.33 Å². The lowest BCUT2D eigenvalue weighted by molar-refractivity contribution is 0.102. The van der Waals surface area contributed by atoms with Gasteiger partial charge in [0, 0.05) is 18.3 Å². The normalized spacial score (nSPS) is 19.4. The molecule has 1 aliphatic carbocycles. The number of hydrogen-bond acceptors (Lipinski definition) is 5. The van der Waals surface area contributed by atoms with Crippen LogP contribution in [0.1, 0.15) is 53.7 Å². The van der Waals surface area contributed by atoms with E-state index in [0.29, 0.717) is 17.5 Å². The maximum atomic E-state index is 12.6. The molecule has 0 bridgehead atoms. The smallest absolute Gasteiger partial charge is 0.259 e. The maximum absolute atomic E-state index is 12.6. The first-order valence-electron chi connectivity index (χ1n) is 8.54. The third kappa shape index (κ3) is 3.17. The SMILES string of the molecule is CN1CCC(n2cc(NC(=O)c3cncnc3C3CC3)cn2)CC1. The second-order valence-electron chi connectivity index (χ2n) is 6.79. The zero-order valence-electron chi connectivity index (χ0n) is 13.9. The predicted molar refractivity (Wildman–Crippen MR) is 90.0 cm³/mol. The lowest BCUT2D eigenvalue weighted by Gasteiger charge is -2.28. The predicted octanol–water partition coefficient (Wildman–Crippen LogP) is 2.07. The van der Waals surface area contributed by atoms with Crippen LogP contribution in [0, 0.1) is 0 Å². The van der Waals surface area contributed by atoms with Gasteiger partial charge in [0.2, 0.25) is 0 Å². The summed E-state index contributed by atoms with van der Waals surface area (Å²) < 4.78 is 1.98. The van der Waals surface area contributed by atoms with Gasteiger partial charge in [-0.2, -0.15) is 5.10 Å². The van der Waals surface area contributed by atoms with Crippen molar-refractivity contribution in [2.24, 2.45) is 0 Å². The Morgan fingerprint density at radius 1 is 1.21 bits per heavy atom. The zero-order valence-corrected chi connectivity index (χ0v) is 13.9. The molecule has 2 aliphatic rings. The van der Waals surface area contributed by atoms with Crippen LogP contribution in [-0.4, -0.2) is 50.7 Å². The Morgan fingerprint density at radius 3 is 2.75 bits per heavy atom. The molecular weight excluding hydrogens is 304 g/mol. The number of piperidine rings is 1. The molecule has 0 spiro atoms. The van der Waals surface area contributed by atoms with Gasteiger partial charge in [-0.1, -0.05) is 0 Å². The van der Waals surface area contributed by atoms with Crippen molar-refractivity contribution >= 4 is 11.6 Å². The Hall–Kier alpha value is -2.28. The second kappa shape index (κ2) is 6.32. The van der Waals surface area contributed by atoms with Crippen molar-refractivity contribution in [3.63, 3.8) is 0 Å². The zero-order chi connectivity index (χ0) is 16.5. The van der Waals surface area contributed by atoms with Crippen LogP contribution in [0.25, 0.3) is 0 Å². The Morgan fingerprint density at radius 2 is 2.00 bits per heavy atom. The van der Waals surface area contributed by atoms with Gasteiger partial charge in [0.05, 0.1) is 29.2 Å². The summed E-state index contributed by atoms with van der Waals surface area (Å²) in [5, 5.41) is 7.37. The lowest BCUT2D eigenvalue weighted by Crippen LogP contribution is -2.31. The fourth-order valence-corrected chi connectivity index (χ4v) is 3.26. The Bertz CT molecular complexity index is 730. The van der Waals surface area contributed by atoms with Gasteiger partial charge in [-0.25, -0.2) is 9.97 Å². The van der Waals surface area contributed by atoms with Crippen LogP contribution < -0.4 is 5.32 Å². The molecule has 1 saturated carbocycles. The minimum absolute atomic E-state index is 0.152. The topological polar surface area (TPSA) is 75.9 Å². The summed E-state index contributed by atoms with van der Waals surface area (Å²) in [5.41, 5.74) is 2.17. The number of anilines is 1. The van der Waals surface area contributed by atoms with Gasteiger partial charge in [-0.05, 0) is 45.8 Å². The lowest BCUT2D eigenvalue weighted by atomic mass is 10.1. The third-order valence-electron chi connectivity index (χ3n) is 4.87. The fraction of sp³-hybridized carbons (Fsp3) is 0.529. The molecule has 0 radical (unpaired) electrons. The first kappa shape index (κ1) is 15.3. The summed E-state index contributed by atoms with van der Waals surface area (Å²) in [5.74, 6) is 0.260. The summed E-state index contributed by atoms with van der Waals surface area (Å²) in [6, 6.07) is 0.411. The summed E-state index contributed by atoms with van der Waals surface area (Å²) in [6.07, 6.45) is 11.1. The van der Waals surface area contributed by atoms with E-state index in [1.807, 2.05) is 10.9 Å². The first-order chi connectivity index (χ1) is 11.7. The van der Waals surface area contributed by atoms with Crippen molar-refractivity contribution in [2.45, 2.75) is 37.6 Å². The molecule has 0 atom stereocenters. The summed E-state index contributed by atoms with van der Waals surface area (Å²) in [6.45, 7) is 2.16. The molecule has 0 aromatic carbocycles. The van der Waals surface area contributed by atoms with E-state index in [4.69, 9.17) is 0 Å². The Balaban J connectivity index is 1.45. The van der Waals surface area contributed by atoms with Crippen LogP contribution in [0.2, 0.25) is 0 Å². The molecule has 7 nitrogen and oxygen atoms in total. The van der Waals surface area contributed by atoms with Crippen LogP contribution in [-0.2, 0) is 0 Å². The van der Waals surface area contributed by atoms with Crippen molar-refractivity contribution in [3.05, 3.63) is 36.2 Å². The molecule has 2 aromatic rings. The van der Waals surface area contributed by atoms with Crippen molar-refractivity contribution in [2.75, 3.05) is 25.5 Å². The van der Waals surface area contributed by atoms with Crippen LogP contribution in [0.3, 0.4) is 0 Å². The van der Waals surface area contributed by atoms with Crippen molar-refractivity contribution in [3.8, 4) is 0 Å². The van der Waals surface area contributed by atoms with Crippen LogP contribution in [0.15, 0.2) is 24.9 Å². The standard InChI is InChI=1S/C17H22N6O/c1-22-6-4-14(5-7-22)23-10-13(8-20-23)21-17(24)15-9-18-11-19-16(15)12-2-3-12/h8-12,14H,2-7H2,1H3,(H,21,24).